The summed E-state index contributed by atoms with van der Waals surface area (Å²) in [6, 6.07) is 0. The quantitative estimate of drug-likeness (QED) is 0.440. The predicted octanol–water partition coefficient (Wildman–Crippen LogP) is 1.95. The minimum atomic E-state index is -0.188. The Labute approximate surface area is 126 Å². The number of unbranched alkanes of at least 4 members (excludes halogenated alkanes) is 7. The standard InChI is InChI=1S/C16H26N2O3/c17-13-14(19)9-7-5-3-1-2-4-6-8-12-18-15(20)10-11-16(18)21/h10-11H,1-9,12-13,17H2. The van der Waals surface area contributed by atoms with Gasteiger partial charge < -0.3 is 5.73 Å². The Hall–Kier alpha value is -1.49. The predicted molar refractivity (Wildman–Crippen MR) is 81.5 cm³/mol. The molecular formula is C16H26N2O3. The summed E-state index contributed by atoms with van der Waals surface area (Å²) in [6.07, 6.45) is 11.9. The first-order valence-corrected chi connectivity index (χ1v) is 7.90. The van der Waals surface area contributed by atoms with Crippen molar-refractivity contribution in [3.8, 4) is 0 Å². The number of ketones is 1. The molecule has 2 N–H and O–H groups in total. The lowest BCUT2D eigenvalue weighted by Gasteiger charge is -2.12. The van der Waals surface area contributed by atoms with Crippen LogP contribution in [0.3, 0.4) is 0 Å². The van der Waals surface area contributed by atoms with Crippen LogP contribution in [0.5, 0.6) is 0 Å². The third-order valence-corrected chi connectivity index (χ3v) is 3.72. The molecule has 1 rings (SSSR count). The molecule has 2 amide bonds. The second-order valence-electron chi connectivity index (χ2n) is 5.48. The van der Waals surface area contributed by atoms with E-state index in [2.05, 4.69) is 0 Å². The van der Waals surface area contributed by atoms with Gasteiger partial charge in [0.1, 0.15) is 5.78 Å². The second kappa shape index (κ2) is 10.3. The molecule has 0 fully saturated rings. The molecular weight excluding hydrogens is 268 g/mol. The van der Waals surface area contributed by atoms with E-state index in [1.165, 1.54) is 29.9 Å². The number of nitrogens with two attached hydrogens (primary N) is 1. The minimum Gasteiger partial charge on any atom is -0.324 e. The van der Waals surface area contributed by atoms with Gasteiger partial charge in [0.05, 0.1) is 6.54 Å². The van der Waals surface area contributed by atoms with Crippen LogP contribution in [0.25, 0.3) is 0 Å². The summed E-state index contributed by atoms with van der Waals surface area (Å²) >= 11 is 0. The lowest BCUT2D eigenvalue weighted by atomic mass is 10.1. The van der Waals surface area contributed by atoms with Gasteiger partial charge in [-0.3, -0.25) is 19.3 Å². The molecule has 0 spiro atoms. The summed E-state index contributed by atoms with van der Waals surface area (Å²) < 4.78 is 0. The first kappa shape index (κ1) is 17.6. The molecule has 0 aromatic heterocycles. The number of imide groups is 1. The zero-order valence-corrected chi connectivity index (χ0v) is 12.7. The average molecular weight is 294 g/mol. The molecule has 0 aliphatic carbocycles. The molecule has 0 saturated carbocycles. The molecule has 1 heterocycles. The molecule has 0 aromatic carbocycles. The van der Waals surface area contributed by atoms with Crippen LogP contribution in [0.15, 0.2) is 12.2 Å². The van der Waals surface area contributed by atoms with Crippen LogP contribution >= 0.6 is 0 Å². The van der Waals surface area contributed by atoms with Gasteiger partial charge in [-0.05, 0) is 12.8 Å². The van der Waals surface area contributed by atoms with Crippen molar-refractivity contribution in [1.29, 1.82) is 0 Å². The van der Waals surface area contributed by atoms with Crippen molar-refractivity contribution < 1.29 is 14.4 Å². The smallest absolute Gasteiger partial charge is 0.253 e. The molecule has 0 unspecified atom stereocenters. The topological polar surface area (TPSA) is 80.5 Å². The molecule has 0 radical (unpaired) electrons. The molecule has 0 aromatic rings. The molecule has 1 aliphatic heterocycles. The van der Waals surface area contributed by atoms with Gasteiger partial charge in [0.15, 0.2) is 0 Å². The van der Waals surface area contributed by atoms with Gasteiger partial charge in [-0.2, -0.15) is 0 Å². The van der Waals surface area contributed by atoms with Crippen molar-refractivity contribution in [3.05, 3.63) is 12.2 Å². The summed E-state index contributed by atoms with van der Waals surface area (Å²) in [5.41, 5.74) is 5.24. The van der Waals surface area contributed by atoms with Gasteiger partial charge in [-0.1, -0.05) is 38.5 Å². The number of carbonyl (C=O) groups is 3. The summed E-state index contributed by atoms with van der Waals surface area (Å²) in [5.74, 6) is -0.227. The maximum Gasteiger partial charge on any atom is 0.253 e. The summed E-state index contributed by atoms with van der Waals surface area (Å²) in [4.78, 5) is 34.9. The number of nitrogens with zero attached hydrogens (tertiary/aromatic N) is 1. The first-order chi connectivity index (χ1) is 10.1. The fourth-order valence-corrected chi connectivity index (χ4v) is 2.41. The zero-order chi connectivity index (χ0) is 15.5. The van der Waals surface area contributed by atoms with Crippen molar-refractivity contribution in [2.24, 2.45) is 5.73 Å². The van der Waals surface area contributed by atoms with E-state index in [1.54, 1.807) is 0 Å². The summed E-state index contributed by atoms with van der Waals surface area (Å²) in [7, 11) is 0. The van der Waals surface area contributed by atoms with E-state index in [4.69, 9.17) is 5.73 Å². The molecule has 5 heteroatoms. The molecule has 0 saturated heterocycles. The maximum absolute atomic E-state index is 11.3. The van der Waals surface area contributed by atoms with Gasteiger partial charge in [0.25, 0.3) is 11.8 Å². The van der Waals surface area contributed by atoms with Crippen molar-refractivity contribution in [2.75, 3.05) is 13.1 Å². The third kappa shape index (κ3) is 7.18. The Morgan fingerprint density at radius 1 is 0.857 bits per heavy atom. The van der Waals surface area contributed by atoms with E-state index >= 15 is 0 Å². The van der Waals surface area contributed by atoms with Crippen molar-refractivity contribution in [2.45, 2.75) is 57.8 Å². The lowest BCUT2D eigenvalue weighted by Crippen LogP contribution is -2.30. The monoisotopic (exact) mass is 294 g/mol. The van der Waals surface area contributed by atoms with Crippen molar-refractivity contribution in [3.63, 3.8) is 0 Å². The zero-order valence-electron chi connectivity index (χ0n) is 12.7. The SMILES string of the molecule is NCC(=O)CCCCCCCCCCN1C(=O)C=CC1=O. The van der Waals surface area contributed by atoms with Crippen LogP contribution < -0.4 is 5.73 Å². The first-order valence-electron chi connectivity index (χ1n) is 7.90. The Morgan fingerprint density at radius 2 is 1.33 bits per heavy atom. The van der Waals surface area contributed by atoms with Gasteiger partial charge >= 0.3 is 0 Å². The van der Waals surface area contributed by atoms with Gasteiger partial charge in [-0.15, -0.1) is 0 Å². The van der Waals surface area contributed by atoms with Crippen LogP contribution in [0.1, 0.15) is 57.8 Å². The highest BCUT2D eigenvalue weighted by Gasteiger charge is 2.21. The van der Waals surface area contributed by atoms with Crippen LogP contribution in [0.2, 0.25) is 0 Å². The van der Waals surface area contributed by atoms with Crippen molar-refractivity contribution >= 4 is 17.6 Å². The van der Waals surface area contributed by atoms with E-state index in [0.29, 0.717) is 13.0 Å². The van der Waals surface area contributed by atoms with Crippen LogP contribution in [-0.2, 0) is 14.4 Å². The second-order valence-corrected chi connectivity index (χ2v) is 5.48. The highest BCUT2D eigenvalue weighted by Crippen LogP contribution is 2.11. The number of rotatable bonds is 12. The van der Waals surface area contributed by atoms with Gasteiger partial charge in [-0.25, -0.2) is 0 Å². The van der Waals surface area contributed by atoms with Gasteiger partial charge in [0.2, 0.25) is 0 Å². The maximum atomic E-state index is 11.3. The molecule has 21 heavy (non-hydrogen) atoms. The molecule has 1 aliphatic rings. The number of hydrogen-bond donors (Lipinski definition) is 1. The Morgan fingerprint density at radius 3 is 1.86 bits per heavy atom. The minimum absolute atomic E-state index is 0.149. The van der Waals surface area contributed by atoms with Crippen LogP contribution in [0, 0.1) is 0 Å². The van der Waals surface area contributed by atoms with Crippen LogP contribution in [-0.4, -0.2) is 35.6 Å². The van der Waals surface area contributed by atoms with E-state index in [1.807, 2.05) is 0 Å². The number of amides is 2. The Kier molecular flexibility index (Phi) is 8.59. The lowest BCUT2D eigenvalue weighted by molar-refractivity contribution is -0.136. The average Bonchev–Trinajstić information content (AvgIpc) is 2.80. The van der Waals surface area contributed by atoms with Gasteiger partial charge in [0, 0.05) is 25.1 Å². The van der Waals surface area contributed by atoms with E-state index < -0.39 is 0 Å². The van der Waals surface area contributed by atoms with Crippen LogP contribution in [0.4, 0.5) is 0 Å². The summed E-state index contributed by atoms with van der Waals surface area (Å²) in [5, 5.41) is 0. The molecule has 118 valence electrons. The number of hydrogen-bond acceptors (Lipinski definition) is 4. The highest BCUT2D eigenvalue weighted by molar-refractivity contribution is 6.12. The molecule has 0 atom stereocenters. The fraction of sp³-hybridized carbons (Fsp3) is 0.688. The highest BCUT2D eigenvalue weighted by atomic mass is 16.2. The number of carbonyl (C=O) groups excluding carboxylic acids is 3. The largest absolute Gasteiger partial charge is 0.324 e. The molecule has 0 bridgehead atoms. The van der Waals surface area contributed by atoms with E-state index in [-0.39, 0.29) is 24.1 Å². The van der Waals surface area contributed by atoms with E-state index in [0.717, 1.165) is 38.5 Å². The summed E-state index contributed by atoms with van der Waals surface area (Å²) in [6.45, 7) is 0.698. The number of Topliss-reactive ketones (excluding diaryl/α,β-unsaturated/α-hetero) is 1. The normalized spacial score (nSPS) is 14.2. The fourth-order valence-electron chi connectivity index (χ4n) is 2.41. The molecule has 5 nitrogen and oxygen atoms in total. The third-order valence-electron chi connectivity index (χ3n) is 3.72. The Bertz CT molecular complexity index is 373. The van der Waals surface area contributed by atoms with E-state index in [9.17, 15) is 14.4 Å². The van der Waals surface area contributed by atoms with Crippen molar-refractivity contribution in [1.82, 2.24) is 4.90 Å². The Balaban J connectivity index is 1.86.